The van der Waals surface area contributed by atoms with Gasteiger partial charge in [-0.25, -0.2) is 4.98 Å². The van der Waals surface area contributed by atoms with Crippen LogP contribution in [0.2, 0.25) is 0 Å². The van der Waals surface area contributed by atoms with Crippen LogP contribution in [0.4, 0.5) is 11.5 Å². The van der Waals surface area contributed by atoms with Crippen LogP contribution in [0, 0.1) is 0 Å². The van der Waals surface area contributed by atoms with Gasteiger partial charge in [-0.2, -0.15) is 0 Å². The van der Waals surface area contributed by atoms with Crippen LogP contribution in [0.5, 0.6) is 0 Å². The molecular weight excluding hydrogens is 198 g/mol. The standard InChI is InChI=1S/C13H21N3/c1-9(2)11-5-6-14-13-12(11)16(10(3)4)8-7-15-13/h5-6,9-10H,7-8H2,1-4H3,(H,14,15). The summed E-state index contributed by atoms with van der Waals surface area (Å²) in [7, 11) is 0. The minimum atomic E-state index is 0.530. The van der Waals surface area contributed by atoms with Crippen molar-refractivity contribution in [3.63, 3.8) is 0 Å². The Bertz CT molecular complexity index is 371. The first kappa shape index (κ1) is 11.2. The normalized spacial score (nSPS) is 15.2. The predicted octanol–water partition coefficient (Wildman–Crippen LogP) is 2.85. The second-order valence-corrected chi connectivity index (χ2v) is 4.97. The number of aromatic nitrogens is 1. The number of rotatable bonds is 2. The van der Waals surface area contributed by atoms with Gasteiger partial charge in [0.25, 0.3) is 0 Å². The van der Waals surface area contributed by atoms with Gasteiger partial charge in [-0.3, -0.25) is 0 Å². The topological polar surface area (TPSA) is 28.2 Å². The van der Waals surface area contributed by atoms with E-state index in [1.54, 1.807) is 0 Å². The highest BCUT2D eigenvalue weighted by Crippen LogP contribution is 2.35. The highest BCUT2D eigenvalue weighted by molar-refractivity contribution is 5.73. The zero-order valence-corrected chi connectivity index (χ0v) is 10.6. The molecule has 2 heterocycles. The molecule has 1 aromatic heterocycles. The highest BCUT2D eigenvalue weighted by Gasteiger charge is 2.23. The molecule has 0 atom stereocenters. The lowest BCUT2D eigenvalue weighted by atomic mass is 10.00. The third-order valence-electron chi connectivity index (χ3n) is 3.13. The Morgan fingerprint density at radius 1 is 1.31 bits per heavy atom. The van der Waals surface area contributed by atoms with Gasteiger partial charge >= 0.3 is 0 Å². The predicted molar refractivity (Wildman–Crippen MR) is 69.3 cm³/mol. The molecule has 1 aliphatic rings. The number of nitrogens with zero attached hydrogens (tertiary/aromatic N) is 2. The second kappa shape index (κ2) is 4.32. The van der Waals surface area contributed by atoms with Crippen LogP contribution in [0.15, 0.2) is 12.3 Å². The van der Waals surface area contributed by atoms with Crippen molar-refractivity contribution < 1.29 is 0 Å². The van der Waals surface area contributed by atoms with E-state index in [0.717, 1.165) is 18.9 Å². The molecule has 0 aromatic carbocycles. The Morgan fingerprint density at radius 2 is 2.06 bits per heavy atom. The van der Waals surface area contributed by atoms with Gasteiger partial charge in [-0.05, 0) is 31.4 Å². The van der Waals surface area contributed by atoms with E-state index in [4.69, 9.17) is 0 Å². The van der Waals surface area contributed by atoms with Crippen molar-refractivity contribution in [3.8, 4) is 0 Å². The van der Waals surface area contributed by atoms with Crippen molar-refractivity contribution in [1.29, 1.82) is 0 Å². The molecule has 3 heteroatoms. The number of fused-ring (bicyclic) bond motifs is 1. The highest BCUT2D eigenvalue weighted by atomic mass is 15.2. The van der Waals surface area contributed by atoms with Crippen LogP contribution in [0.1, 0.15) is 39.2 Å². The van der Waals surface area contributed by atoms with Crippen LogP contribution in [-0.2, 0) is 0 Å². The average molecular weight is 219 g/mol. The van der Waals surface area contributed by atoms with Gasteiger partial charge in [0, 0.05) is 25.3 Å². The molecule has 1 N–H and O–H groups in total. The fraction of sp³-hybridized carbons (Fsp3) is 0.615. The minimum absolute atomic E-state index is 0.530. The molecule has 0 unspecified atom stereocenters. The van der Waals surface area contributed by atoms with E-state index >= 15 is 0 Å². The average Bonchev–Trinajstić information content (AvgIpc) is 2.27. The van der Waals surface area contributed by atoms with E-state index in [9.17, 15) is 0 Å². The SMILES string of the molecule is CC(C)c1ccnc2c1N(C(C)C)CCN2. The number of pyridine rings is 1. The second-order valence-electron chi connectivity index (χ2n) is 4.97. The number of anilines is 2. The zero-order valence-electron chi connectivity index (χ0n) is 10.6. The van der Waals surface area contributed by atoms with Crippen LogP contribution in [-0.4, -0.2) is 24.1 Å². The Kier molecular flexibility index (Phi) is 3.03. The molecule has 0 aliphatic carbocycles. The Balaban J connectivity index is 2.51. The fourth-order valence-corrected chi connectivity index (χ4v) is 2.29. The Hall–Kier alpha value is -1.25. The molecule has 0 radical (unpaired) electrons. The summed E-state index contributed by atoms with van der Waals surface area (Å²) in [5.41, 5.74) is 2.70. The molecule has 0 saturated carbocycles. The van der Waals surface area contributed by atoms with Crippen molar-refractivity contribution >= 4 is 11.5 Å². The van der Waals surface area contributed by atoms with Gasteiger partial charge in [-0.1, -0.05) is 13.8 Å². The summed E-state index contributed by atoms with van der Waals surface area (Å²) in [6.07, 6.45) is 1.91. The Morgan fingerprint density at radius 3 is 2.69 bits per heavy atom. The van der Waals surface area contributed by atoms with E-state index in [1.807, 2.05) is 6.20 Å². The van der Waals surface area contributed by atoms with Crippen molar-refractivity contribution in [1.82, 2.24) is 4.98 Å². The fourth-order valence-electron chi connectivity index (χ4n) is 2.29. The van der Waals surface area contributed by atoms with Gasteiger partial charge in [-0.15, -0.1) is 0 Å². The largest absolute Gasteiger partial charge is 0.367 e. The zero-order chi connectivity index (χ0) is 11.7. The van der Waals surface area contributed by atoms with Gasteiger partial charge in [0.2, 0.25) is 0 Å². The van der Waals surface area contributed by atoms with Crippen LogP contribution in [0.25, 0.3) is 0 Å². The van der Waals surface area contributed by atoms with Crippen LogP contribution < -0.4 is 10.2 Å². The van der Waals surface area contributed by atoms with Gasteiger partial charge in [0.1, 0.15) is 5.82 Å². The summed E-state index contributed by atoms with van der Waals surface area (Å²) in [4.78, 5) is 6.89. The lowest BCUT2D eigenvalue weighted by Gasteiger charge is -2.36. The first-order valence-corrected chi connectivity index (χ1v) is 6.10. The maximum absolute atomic E-state index is 4.44. The molecule has 0 bridgehead atoms. The molecule has 2 rings (SSSR count). The minimum Gasteiger partial charge on any atom is -0.367 e. The van der Waals surface area contributed by atoms with Crippen molar-refractivity contribution in [2.24, 2.45) is 0 Å². The molecule has 0 spiro atoms. The summed E-state index contributed by atoms with van der Waals surface area (Å²) in [6, 6.07) is 2.67. The first-order chi connectivity index (χ1) is 7.61. The maximum atomic E-state index is 4.44. The maximum Gasteiger partial charge on any atom is 0.149 e. The van der Waals surface area contributed by atoms with E-state index in [0.29, 0.717) is 12.0 Å². The van der Waals surface area contributed by atoms with E-state index in [1.165, 1.54) is 11.3 Å². The molecular formula is C13H21N3. The lowest BCUT2D eigenvalue weighted by molar-refractivity contribution is 0.668. The van der Waals surface area contributed by atoms with Gasteiger partial charge < -0.3 is 10.2 Å². The molecule has 16 heavy (non-hydrogen) atoms. The van der Waals surface area contributed by atoms with Crippen LogP contribution in [0.3, 0.4) is 0 Å². The number of hydrogen-bond donors (Lipinski definition) is 1. The quantitative estimate of drug-likeness (QED) is 0.829. The Labute approximate surface area is 97.9 Å². The molecule has 3 nitrogen and oxygen atoms in total. The summed E-state index contributed by atoms with van der Waals surface area (Å²) in [6.45, 7) is 11.0. The summed E-state index contributed by atoms with van der Waals surface area (Å²) in [5.74, 6) is 1.59. The molecule has 1 aliphatic heterocycles. The first-order valence-electron chi connectivity index (χ1n) is 6.10. The van der Waals surface area contributed by atoms with E-state index < -0.39 is 0 Å². The van der Waals surface area contributed by atoms with E-state index in [2.05, 4.69) is 49.0 Å². The summed E-state index contributed by atoms with van der Waals surface area (Å²) >= 11 is 0. The third kappa shape index (κ3) is 1.86. The molecule has 88 valence electrons. The van der Waals surface area contributed by atoms with Crippen molar-refractivity contribution in [2.45, 2.75) is 39.7 Å². The summed E-state index contributed by atoms with van der Waals surface area (Å²) < 4.78 is 0. The van der Waals surface area contributed by atoms with Crippen molar-refractivity contribution in [3.05, 3.63) is 17.8 Å². The van der Waals surface area contributed by atoms with Crippen LogP contribution >= 0.6 is 0 Å². The lowest BCUT2D eigenvalue weighted by Crippen LogP contribution is -2.40. The number of hydrogen-bond acceptors (Lipinski definition) is 3. The van der Waals surface area contributed by atoms with Gasteiger partial charge in [0.15, 0.2) is 0 Å². The molecule has 0 amide bonds. The number of nitrogens with one attached hydrogen (secondary N) is 1. The molecule has 0 saturated heterocycles. The smallest absolute Gasteiger partial charge is 0.149 e. The van der Waals surface area contributed by atoms with Gasteiger partial charge in [0.05, 0.1) is 5.69 Å². The molecule has 0 fully saturated rings. The third-order valence-corrected chi connectivity index (χ3v) is 3.13. The monoisotopic (exact) mass is 219 g/mol. The summed E-state index contributed by atoms with van der Waals surface area (Å²) in [5, 5.41) is 3.39. The molecule has 1 aromatic rings. The van der Waals surface area contributed by atoms with Crippen molar-refractivity contribution in [2.75, 3.05) is 23.3 Å². The van der Waals surface area contributed by atoms with E-state index in [-0.39, 0.29) is 0 Å².